The van der Waals surface area contributed by atoms with Gasteiger partial charge in [0.15, 0.2) is 12.1 Å². The van der Waals surface area contributed by atoms with Crippen molar-refractivity contribution < 1.29 is 28.8 Å². The summed E-state index contributed by atoms with van der Waals surface area (Å²) in [5.41, 5.74) is 0.116. The van der Waals surface area contributed by atoms with E-state index in [2.05, 4.69) is 24.8 Å². The first-order chi connectivity index (χ1) is 16.4. The first kappa shape index (κ1) is 22.3. The van der Waals surface area contributed by atoms with Crippen molar-refractivity contribution in [1.29, 1.82) is 0 Å². The van der Waals surface area contributed by atoms with Gasteiger partial charge in [0.1, 0.15) is 23.4 Å². The van der Waals surface area contributed by atoms with Gasteiger partial charge in [0.2, 0.25) is 0 Å². The number of hydrogen-bond acceptors (Lipinski definition) is 6. The van der Waals surface area contributed by atoms with Crippen LogP contribution in [-0.2, 0) is 23.7 Å². The van der Waals surface area contributed by atoms with E-state index in [1.54, 1.807) is 0 Å². The molecule has 3 saturated carbocycles. The summed E-state index contributed by atoms with van der Waals surface area (Å²) >= 11 is 0. The summed E-state index contributed by atoms with van der Waals surface area (Å²) in [5.74, 6) is 6.95. The quantitative estimate of drug-likeness (QED) is 0.376. The Hall–Kier alpha value is -0.940. The maximum absolute atomic E-state index is 11.8. The van der Waals surface area contributed by atoms with E-state index in [1.807, 2.05) is 0 Å². The maximum atomic E-state index is 11.8. The van der Waals surface area contributed by atoms with Crippen molar-refractivity contribution in [3.63, 3.8) is 0 Å². The molecule has 3 saturated heterocycles. The van der Waals surface area contributed by atoms with Crippen molar-refractivity contribution in [2.75, 3.05) is 26.4 Å². The Bertz CT molecular complexity index is 938. The molecule has 3 aliphatic heterocycles. The molecule has 6 nitrogen and oxygen atoms in total. The van der Waals surface area contributed by atoms with Crippen molar-refractivity contribution in [3.05, 3.63) is 11.6 Å². The van der Waals surface area contributed by atoms with Gasteiger partial charge in [-0.25, -0.2) is 0 Å². The lowest BCUT2D eigenvalue weighted by Gasteiger charge is -2.51. The largest absolute Gasteiger partial charge is 0.377 e. The predicted octanol–water partition coefficient (Wildman–Crippen LogP) is 3.86. The standard InChI is InChI=1S/C28H38O6/c1-24-10-7-22-20(6-12-26-19-27(32-17-18-33-27)13-14-28(22,26)34-26)21(24)8-11-25(24,29)9-4-16-31-23-5-2-3-15-30-23/h7,20-21,23,29H,2-3,5-6,8,10-19H2,1H3/t20?,21?,23?,24-,25-,26+,28+/m0/s1. The minimum Gasteiger partial charge on any atom is -0.377 e. The molecule has 7 atom stereocenters. The Morgan fingerprint density at radius 1 is 1.06 bits per heavy atom. The highest BCUT2D eigenvalue weighted by Crippen LogP contribution is 2.74. The van der Waals surface area contributed by atoms with Crippen LogP contribution in [0.4, 0.5) is 0 Å². The number of hydrogen-bond donors (Lipinski definition) is 1. The molecule has 0 aromatic heterocycles. The molecule has 0 amide bonds. The normalized spacial score (nSPS) is 50.3. The van der Waals surface area contributed by atoms with Crippen molar-refractivity contribution in [2.45, 2.75) is 106 Å². The van der Waals surface area contributed by atoms with E-state index >= 15 is 0 Å². The van der Waals surface area contributed by atoms with Gasteiger partial charge < -0.3 is 28.8 Å². The van der Waals surface area contributed by atoms with Crippen molar-refractivity contribution >= 4 is 0 Å². The molecule has 3 heterocycles. The number of fused-ring (bicyclic) bond motifs is 3. The van der Waals surface area contributed by atoms with E-state index in [4.69, 9.17) is 23.7 Å². The van der Waals surface area contributed by atoms with Gasteiger partial charge in [-0.15, -0.1) is 0 Å². The minimum absolute atomic E-state index is 0.0983. The maximum Gasteiger partial charge on any atom is 0.171 e. The van der Waals surface area contributed by atoms with Crippen LogP contribution in [-0.4, -0.2) is 60.4 Å². The Balaban J connectivity index is 1.09. The molecular formula is C28H38O6. The molecule has 7 aliphatic rings. The van der Waals surface area contributed by atoms with E-state index in [-0.39, 0.29) is 22.9 Å². The fourth-order valence-electron chi connectivity index (χ4n) is 8.71. The summed E-state index contributed by atoms with van der Waals surface area (Å²) in [7, 11) is 0. The van der Waals surface area contributed by atoms with E-state index in [1.165, 1.54) is 5.57 Å². The molecule has 6 fully saturated rings. The molecule has 6 heteroatoms. The summed E-state index contributed by atoms with van der Waals surface area (Å²) in [4.78, 5) is 0. The molecule has 3 unspecified atom stereocenters. The Morgan fingerprint density at radius 2 is 1.94 bits per heavy atom. The third-order valence-corrected chi connectivity index (χ3v) is 10.6. The van der Waals surface area contributed by atoms with Crippen molar-refractivity contribution in [2.24, 2.45) is 17.3 Å². The van der Waals surface area contributed by atoms with Gasteiger partial charge in [-0.2, -0.15) is 0 Å². The van der Waals surface area contributed by atoms with Crippen LogP contribution >= 0.6 is 0 Å². The first-order valence-electron chi connectivity index (χ1n) is 13.6. The Labute approximate surface area is 202 Å². The van der Waals surface area contributed by atoms with Crippen molar-refractivity contribution in [1.82, 2.24) is 0 Å². The lowest BCUT2D eigenvalue weighted by Crippen LogP contribution is -2.53. The monoisotopic (exact) mass is 470 g/mol. The van der Waals surface area contributed by atoms with Gasteiger partial charge in [0.05, 0.1) is 13.2 Å². The van der Waals surface area contributed by atoms with Gasteiger partial charge in [0, 0.05) is 24.9 Å². The lowest BCUT2D eigenvalue weighted by molar-refractivity contribution is -0.185. The van der Waals surface area contributed by atoms with Crippen LogP contribution < -0.4 is 0 Å². The molecule has 186 valence electrons. The molecule has 7 rings (SSSR count). The van der Waals surface area contributed by atoms with Crippen LogP contribution in [0, 0.1) is 29.1 Å². The van der Waals surface area contributed by atoms with Crippen LogP contribution in [0.5, 0.6) is 0 Å². The average Bonchev–Trinajstić information content (AvgIpc) is 3.19. The third kappa shape index (κ3) is 2.98. The minimum atomic E-state index is -0.963. The topological polar surface area (TPSA) is 69.7 Å². The van der Waals surface area contributed by atoms with E-state index < -0.39 is 11.4 Å². The molecule has 0 aromatic rings. The molecule has 1 spiro atoms. The van der Waals surface area contributed by atoms with Crippen LogP contribution in [0.25, 0.3) is 0 Å². The van der Waals surface area contributed by atoms with Crippen LogP contribution in [0.15, 0.2) is 11.6 Å². The first-order valence-corrected chi connectivity index (χ1v) is 13.6. The Kier molecular flexibility index (Phi) is 4.94. The average molecular weight is 471 g/mol. The second-order valence-electron chi connectivity index (χ2n) is 12.0. The summed E-state index contributed by atoms with van der Waals surface area (Å²) in [6, 6.07) is 0. The van der Waals surface area contributed by atoms with Gasteiger partial charge in [-0.1, -0.05) is 24.8 Å². The highest BCUT2D eigenvalue weighted by molar-refractivity contribution is 5.44. The molecule has 34 heavy (non-hydrogen) atoms. The molecular weight excluding hydrogens is 432 g/mol. The van der Waals surface area contributed by atoms with E-state index in [0.717, 1.165) is 77.2 Å². The second-order valence-corrected chi connectivity index (χ2v) is 12.0. The molecule has 0 bridgehead atoms. The van der Waals surface area contributed by atoms with Crippen LogP contribution in [0.3, 0.4) is 0 Å². The molecule has 4 aliphatic carbocycles. The van der Waals surface area contributed by atoms with Gasteiger partial charge >= 0.3 is 0 Å². The SMILES string of the molecule is C[C@]12CC=C3C(CC[C@@]45CC6(CC[C@@]34O5)OCCO6)C1CC[C@@]2(O)C#CCOC1CCCCO1. The van der Waals surface area contributed by atoms with E-state index in [9.17, 15) is 5.11 Å². The third-order valence-electron chi connectivity index (χ3n) is 10.6. The molecule has 0 aromatic carbocycles. The fourth-order valence-corrected chi connectivity index (χ4v) is 8.71. The zero-order chi connectivity index (χ0) is 23.1. The van der Waals surface area contributed by atoms with Crippen LogP contribution in [0.1, 0.15) is 77.6 Å². The highest BCUT2D eigenvalue weighted by atomic mass is 16.7. The number of aliphatic hydroxyl groups is 1. The number of rotatable bonds is 2. The fraction of sp³-hybridized carbons (Fsp3) is 0.857. The van der Waals surface area contributed by atoms with E-state index in [0.29, 0.717) is 31.7 Å². The van der Waals surface area contributed by atoms with Gasteiger partial charge in [0.25, 0.3) is 0 Å². The zero-order valence-electron chi connectivity index (χ0n) is 20.4. The predicted molar refractivity (Wildman–Crippen MR) is 124 cm³/mol. The number of epoxide rings is 1. The highest BCUT2D eigenvalue weighted by Gasteiger charge is 2.79. The Morgan fingerprint density at radius 3 is 2.76 bits per heavy atom. The van der Waals surface area contributed by atoms with Crippen LogP contribution in [0.2, 0.25) is 0 Å². The smallest absolute Gasteiger partial charge is 0.171 e. The molecule has 1 N–H and O–H groups in total. The number of allylic oxidation sites excluding steroid dienone is 1. The van der Waals surface area contributed by atoms with Crippen molar-refractivity contribution in [3.8, 4) is 11.8 Å². The summed E-state index contributed by atoms with van der Waals surface area (Å²) in [6.07, 6.45) is 13.1. The summed E-state index contributed by atoms with van der Waals surface area (Å²) in [5, 5.41) is 11.8. The molecule has 0 radical (unpaired) electrons. The summed E-state index contributed by atoms with van der Waals surface area (Å²) < 4.78 is 30.3. The lowest BCUT2D eigenvalue weighted by atomic mass is 9.53. The second kappa shape index (κ2) is 7.54. The number of ether oxygens (including phenoxy) is 5. The zero-order valence-corrected chi connectivity index (χ0v) is 20.4. The van der Waals surface area contributed by atoms with Gasteiger partial charge in [-0.3, -0.25) is 0 Å². The van der Waals surface area contributed by atoms with Gasteiger partial charge in [-0.05, 0) is 75.2 Å². The summed E-state index contributed by atoms with van der Waals surface area (Å²) in [6.45, 7) is 4.76.